The van der Waals surface area contributed by atoms with Crippen molar-refractivity contribution in [3.63, 3.8) is 0 Å². The Bertz CT molecular complexity index is 238. The number of amides is 2. The average Bonchev–Trinajstić information content (AvgIpc) is 2.10. The molecule has 1 aliphatic rings. The number of urea groups is 1. The zero-order chi connectivity index (χ0) is 12.2. The topological polar surface area (TPSA) is 67.1 Å². The van der Waals surface area contributed by atoms with Crippen molar-refractivity contribution < 1.29 is 4.79 Å². The van der Waals surface area contributed by atoms with Gasteiger partial charge in [-0.15, -0.1) is 0 Å². The Morgan fingerprint density at radius 3 is 2.50 bits per heavy atom. The molecule has 0 aliphatic heterocycles. The summed E-state index contributed by atoms with van der Waals surface area (Å²) in [6.07, 6.45) is 4.35. The molecule has 0 saturated heterocycles. The van der Waals surface area contributed by atoms with Crippen molar-refractivity contribution in [2.45, 2.75) is 58.0 Å². The van der Waals surface area contributed by atoms with Crippen LogP contribution in [0.2, 0.25) is 0 Å². The molecule has 0 aromatic rings. The molecule has 0 radical (unpaired) electrons. The quantitative estimate of drug-likeness (QED) is 0.668. The fraction of sp³-hybridized carbons (Fsp3) is 0.917. The van der Waals surface area contributed by atoms with Crippen LogP contribution in [-0.4, -0.2) is 24.2 Å². The van der Waals surface area contributed by atoms with Gasteiger partial charge in [-0.25, -0.2) is 4.79 Å². The van der Waals surface area contributed by atoms with Crippen LogP contribution in [0.5, 0.6) is 0 Å². The highest BCUT2D eigenvalue weighted by Crippen LogP contribution is 2.19. The van der Waals surface area contributed by atoms with Crippen LogP contribution in [0, 0.1) is 5.92 Å². The van der Waals surface area contributed by atoms with Gasteiger partial charge in [-0.05, 0) is 38.5 Å². The molecule has 94 valence electrons. The molecule has 1 atom stereocenters. The number of carbonyl (C=O) groups is 1. The van der Waals surface area contributed by atoms with E-state index >= 15 is 0 Å². The number of nitrogens with two attached hydrogens (primary N) is 1. The van der Waals surface area contributed by atoms with Gasteiger partial charge in [0.1, 0.15) is 0 Å². The Hall–Kier alpha value is -0.770. The summed E-state index contributed by atoms with van der Waals surface area (Å²) in [5.41, 5.74) is 5.45. The first-order valence-electron chi connectivity index (χ1n) is 6.24. The molecule has 1 rings (SSSR count). The molecule has 1 unspecified atom stereocenters. The van der Waals surface area contributed by atoms with Gasteiger partial charge >= 0.3 is 6.03 Å². The van der Waals surface area contributed by atoms with Crippen LogP contribution in [-0.2, 0) is 0 Å². The van der Waals surface area contributed by atoms with Crippen molar-refractivity contribution >= 4 is 6.03 Å². The minimum Gasteiger partial charge on any atom is -0.335 e. The van der Waals surface area contributed by atoms with Gasteiger partial charge in [0.15, 0.2) is 0 Å². The van der Waals surface area contributed by atoms with E-state index in [0.717, 1.165) is 19.3 Å². The van der Waals surface area contributed by atoms with E-state index in [-0.39, 0.29) is 11.6 Å². The molecule has 0 aromatic carbocycles. The Kier molecular flexibility index (Phi) is 4.59. The molecule has 16 heavy (non-hydrogen) atoms. The molecule has 4 nitrogen and oxygen atoms in total. The second kappa shape index (κ2) is 5.53. The van der Waals surface area contributed by atoms with E-state index in [1.54, 1.807) is 0 Å². The lowest BCUT2D eigenvalue weighted by Gasteiger charge is -2.33. The second-order valence-corrected chi connectivity index (χ2v) is 5.59. The van der Waals surface area contributed by atoms with E-state index in [1.165, 1.54) is 6.42 Å². The van der Waals surface area contributed by atoms with Crippen LogP contribution in [0.25, 0.3) is 0 Å². The summed E-state index contributed by atoms with van der Waals surface area (Å²) in [7, 11) is 0. The lowest BCUT2D eigenvalue weighted by molar-refractivity contribution is 0.210. The van der Waals surface area contributed by atoms with E-state index in [2.05, 4.69) is 24.5 Å². The third-order valence-corrected chi connectivity index (χ3v) is 3.16. The predicted octanol–water partition coefficient (Wildman–Crippen LogP) is 1.60. The van der Waals surface area contributed by atoms with Crippen LogP contribution < -0.4 is 16.4 Å². The number of rotatable bonds is 5. The van der Waals surface area contributed by atoms with Gasteiger partial charge < -0.3 is 16.4 Å². The molecular formula is C12H25N3O. The maximum atomic E-state index is 11.7. The van der Waals surface area contributed by atoms with Gasteiger partial charge in [0.2, 0.25) is 0 Å². The molecule has 4 heteroatoms. The molecule has 0 spiro atoms. The first-order valence-corrected chi connectivity index (χ1v) is 6.24. The summed E-state index contributed by atoms with van der Waals surface area (Å²) in [6, 6.07) is 0.305. The van der Waals surface area contributed by atoms with Gasteiger partial charge in [-0.2, -0.15) is 0 Å². The Balaban J connectivity index is 2.38. The standard InChI is InChI=1S/C12H25N3O/c1-9(2)7-12(3,8-13)15-11(16)14-10-5-4-6-10/h9-10H,4-8,13H2,1-3H3,(H2,14,15,16). The minimum absolute atomic E-state index is 0.0710. The van der Waals surface area contributed by atoms with Crippen LogP contribution in [0.3, 0.4) is 0 Å². The van der Waals surface area contributed by atoms with E-state index in [1.807, 2.05) is 6.92 Å². The average molecular weight is 227 g/mol. The number of carbonyl (C=O) groups excluding carboxylic acids is 1. The summed E-state index contributed by atoms with van der Waals surface area (Å²) in [4.78, 5) is 11.7. The molecular weight excluding hydrogens is 202 g/mol. The van der Waals surface area contributed by atoms with Gasteiger partial charge in [0.25, 0.3) is 0 Å². The highest BCUT2D eigenvalue weighted by molar-refractivity contribution is 5.75. The summed E-state index contributed by atoms with van der Waals surface area (Å²) < 4.78 is 0. The van der Waals surface area contributed by atoms with Gasteiger partial charge in [-0.3, -0.25) is 0 Å². The molecule has 0 heterocycles. The first kappa shape index (κ1) is 13.3. The monoisotopic (exact) mass is 227 g/mol. The van der Waals surface area contributed by atoms with Crippen molar-refractivity contribution in [3.8, 4) is 0 Å². The molecule has 0 aromatic heterocycles. The van der Waals surface area contributed by atoms with Crippen molar-refractivity contribution in [1.82, 2.24) is 10.6 Å². The number of hydrogen-bond donors (Lipinski definition) is 3. The third-order valence-electron chi connectivity index (χ3n) is 3.16. The van der Waals surface area contributed by atoms with Gasteiger partial charge in [0, 0.05) is 12.6 Å². The predicted molar refractivity (Wildman–Crippen MR) is 66.2 cm³/mol. The highest BCUT2D eigenvalue weighted by Gasteiger charge is 2.27. The zero-order valence-electron chi connectivity index (χ0n) is 10.7. The summed E-state index contributed by atoms with van der Waals surface area (Å²) in [6.45, 7) is 6.76. The Morgan fingerprint density at radius 2 is 2.12 bits per heavy atom. The molecule has 0 bridgehead atoms. The largest absolute Gasteiger partial charge is 0.335 e. The fourth-order valence-electron chi connectivity index (χ4n) is 2.13. The van der Waals surface area contributed by atoms with E-state index in [9.17, 15) is 4.79 Å². The smallest absolute Gasteiger partial charge is 0.315 e. The minimum atomic E-state index is -0.290. The Labute approximate surface area is 98.3 Å². The highest BCUT2D eigenvalue weighted by atomic mass is 16.2. The Morgan fingerprint density at radius 1 is 1.50 bits per heavy atom. The van der Waals surface area contributed by atoms with Crippen molar-refractivity contribution in [1.29, 1.82) is 0 Å². The first-order chi connectivity index (χ1) is 7.45. The fourth-order valence-corrected chi connectivity index (χ4v) is 2.13. The van der Waals surface area contributed by atoms with Crippen LogP contribution in [0.1, 0.15) is 46.5 Å². The van der Waals surface area contributed by atoms with Crippen LogP contribution >= 0.6 is 0 Å². The zero-order valence-corrected chi connectivity index (χ0v) is 10.7. The molecule has 1 saturated carbocycles. The molecule has 1 aliphatic carbocycles. The summed E-state index contributed by atoms with van der Waals surface area (Å²) in [5, 5.41) is 5.97. The third kappa shape index (κ3) is 4.00. The lowest BCUT2D eigenvalue weighted by Crippen LogP contribution is -2.57. The maximum absolute atomic E-state index is 11.7. The van der Waals surface area contributed by atoms with Crippen LogP contribution in [0.4, 0.5) is 4.79 Å². The van der Waals surface area contributed by atoms with E-state index < -0.39 is 0 Å². The number of hydrogen-bond acceptors (Lipinski definition) is 2. The maximum Gasteiger partial charge on any atom is 0.315 e. The molecule has 1 fully saturated rings. The normalized spacial score (nSPS) is 20.1. The number of nitrogens with one attached hydrogen (secondary N) is 2. The van der Waals surface area contributed by atoms with Gasteiger partial charge in [0.05, 0.1) is 5.54 Å². The molecule has 4 N–H and O–H groups in total. The van der Waals surface area contributed by atoms with E-state index in [0.29, 0.717) is 18.5 Å². The SMILES string of the molecule is CC(C)CC(C)(CN)NC(=O)NC1CCC1. The summed E-state index contributed by atoms with van der Waals surface area (Å²) >= 11 is 0. The van der Waals surface area contributed by atoms with Crippen molar-refractivity contribution in [2.75, 3.05) is 6.54 Å². The van der Waals surface area contributed by atoms with E-state index in [4.69, 9.17) is 5.73 Å². The summed E-state index contributed by atoms with van der Waals surface area (Å²) in [5.74, 6) is 0.526. The second-order valence-electron chi connectivity index (χ2n) is 5.59. The lowest BCUT2D eigenvalue weighted by atomic mass is 9.90. The van der Waals surface area contributed by atoms with Crippen molar-refractivity contribution in [3.05, 3.63) is 0 Å². The molecule has 2 amide bonds. The van der Waals surface area contributed by atoms with Crippen LogP contribution in [0.15, 0.2) is 0 Å². The van der Waals surface area contributed by atoms with Crippen molar-refractivity contribution in [2.24, 2.45) is 11.7 Å². The van der Waals surface area contributed by atoms with Gasteiger partial charge in [-0.1, -0.05) is 13.8 Å².